The molecule has 0 spiro atoms. The van der Waals surface area contributed by atoms with Gasteiger partial charge in [0.2, 0.25) is 0 Å². The van der Waals surface area contributed by atoms with Gasteiger partial charge in [-0.05, 0) is 41.5 Å². The largest absolute Gasteiger partial charge is 0.319 e. The lowest BCUT2D eigenvalue weighted by Gasteiger charge is -2.08. The van der Waals surface area contributed by atoms with Crippen LogP contribution in [0.5, 0.6) is 0 Å². The quantitative estimate of drug-likeness (QED) is 0.889. The summed E-state index contributed by atoms with van der Waals surface area (Å²) in [6.45, 7) is 1.54. The third-order valence-electron chi connectivity index (χ3n) is 3.45. The highest BCUT2D eigenvalue weighted by molar-refractivity contribution is 6.04. The number of carbonyl (C=O) groups excluding carboxylic acids is 1. The van der Waals surface area contributed by atoms with Gasteiger partial charge in [-0.15, -0.1) is 0 Å². The molecule has 0 fully saturated rings. The first-order valence-corrected chi connectivity index (χ1v) is 6.51. The highest BCUT2D eigenvalue weighted by atomic mass is 19.1. The molecule has 2 N–H and O–H groups in total. The second kappa shape index (κ2) is 5.35. The van der Waals surface area contributed by atoms with Gasteiger partial charge in [0.25, 0.3) is 5.91 Å². The zero-order chi connectivity index (χ0) is 14.8. The number of halogens is 1. The highest BCUT2D eigenvalue weighted by Crippen LogP contribution is 2.20. The number of anilines is 1. The summed E-state index contributed by atoms with van der Waals surface area (Å²) in [5.74, 6) is -0.987. The molecule has 5 heteroatoms. The maximum Gasteiger partial charge on any atom is 0.255 e. The summed E-state index contributed by atoms with van der Waals surface area (Å²) in [6, 6.07) is 11.2. The van der Waals surface area contributed by atoms with Crippen LogP contribution < -0.4 is 10.6 Å². The third-order valence-corrected chi connectivity index (χ3v) is 3.45. The molecule has 0 atom stereocenters. The van der Waals surface area contributed by atoms with Crippen molar-refractivity contribution in [1.29, 1.82) is 5.26 Å². The van der Waals surface area contributed by atoms with E-state index in [0.717, 1.165) is 24.7 Å². The number of carbonyl (C=O) groups is 1. The zero-order valence-corrected chi connectivity index (χ0v) is 11.1. The third kappa shape index (κ3) is 2.62. The van der Waals surface area contributed by atoms with Crippen molar-refractivity contribution in [1.82, 2.24) is 5.32 Å². The SMILES string of the molecule is N#Cc1ccc(NC(=O)c2ccc3c(c2)CNC3)c(F)c1. The molecule has 1 aliphatic rings. The Morgan fingerprint density at radius 3 is 2.76 bits per heavy atom. The van der Waals surface area contributed by atoms with Crippen LogP contribution in [0.25, 0.3) is 0 Å². The van der Waals surface area contributed by atoms with Crippen LogP contribution in [0.4, 0.5) is 10.1 Å². The molecular weight excluding hydrogens is 269 g/mol. The van der Waals surface area contributed by atoms with Gasteiger partial charge in [0.15, 0.2) is 0 Å². The van der Waals surface area contributed by atoms with Crippen molar-refractivity contribution in [2.45, 2.75) is 13.1 Å². The lowest BCUT2D eigenvalue weighted by molar-refractivity contribution is 0.102. The van der Waals surface area contributed by atoms with Gasteiger partial charge < -0.3 is 10.6 Å². The van der Waals surface area contributed by atoms with Crippen LogP contribution in [-0.4, -0.2) is 5.91 Å². The van der Waals surface area contributed by atoms with Crippen molar-refractivity contribution < 1.29 is 9.18 Å². The van der Waals surface area contributed by atoms with Gasteiger partial charge in [-0.2, -0.15) is 5.26 Å². The summed E-state index contributed by atoms with van der Waals surface area (Å²) in [5.41, 5.74) is 3.03. The Kier molecular flexibility index (Phi) is 3.38. The first-order valence-electron chi connectivity index (χ1n) is 6.51. The van der Waals surface area contributed by atoms with E-state index in [4.69, 9.17) is 5.26 Å². The van der Waals surface area contributed by atoms with E-state index in [-0.39, 0.29) is 17.2 Å². The fraction of sp³-hybridized carbons (Fsp3) is 0.125. The Labute approximate surface area is 121 Å². The average Bonchev–Trinajstić information content (AvgIpc) is 2.96. The van der Waals surface area contributed by atoms with Crippen molar-refractivity contribution >= 4 is 11.6 Å². The minimum atomic E-state index is -0.620. The fourth-order valence-corrected chi connectivity index (χ4v) is 2.32. The van der Waals surface area contributed by atoms with Gasteiger partial charge >= 0.3 is 0 Å². The first-order chi connectivity index (χ1) is 10.2. The molecule has 0 saturated heterocycles. The minimum Gasteiger partial charge on any atom is -0.319 e. The van der Waals surface area contributed by atoms with Crippen LogP contribution in [0.15, 0.2) is 36.4 Å². The summed E-state index contributed by atoms with van der Waals surface area (Å²) >= 11 is 0. The topological polar surface area (TPSA) is 64.9 Å². The summed E-state index contributed by atoms with van der Waals surface area (Å²) in [6.07, 6.45) is 0. The van der Waals surface area contributed by atoms with E-state index < -0.39 is 5.82 Å². The molecular formula is C16H12FN3O. The monoisotopic (exact) mass is 281 g/mol. The summed E-state index contributed by atoms with van der Waals surface area (Å²) in [5, 5.41) is 14.4. The van der Waals surface area contributed by atoms with Gasteiger partial charge in [-0.3, -0.25) is 4.79 Å². The molecule has 0 aromatic heterocycles. The molecule has 3 rings (SSSR count). The number of rotatable bonds is 2. The summed E-state index contributed by atoms with van der Waals surface area (Å²) < 4.78 is 13.8. The van der Waals surface area contributed by atoms with Crippen molar-refractivity contribution in [2.24, 2.45) is 0 Å². The van der Waals surface area contributed by atoms with E-state index in [1.165, 1.54) is 17.7 Å². The molecule has 0 unspecified atom stereocenters. The van der Waals surface area contributed by atoms with Crippen LogP contribution in [0.3, 0.4) is 0 Å². The highest BCUT2D eigenvalue weighted by Gasteiger charge is 2.14. The van der Waals surface area contributed by atoms with Gasteiger partial charge in [-0.25, -0.2) is 4.39 Å². The number of amides is 1. The smallest absolute Gasteiger partial charge is 0.255 e. The van der Waals surface area contributed by atoms with E-state index in [1.54, 1.807) is 6.07 Å². The molecule has 0 bridgehead atoms. The number of nitriles is 1. The van der Waals surface area contributed by atoms with E-state index in [9.17, 15) is 9.18 Å². The average molecular weight is 281 g/mol. The van der Waals surface area contributed by atoms with Gasteiger partial charge in [0.1, 0.15) is 5.82 Å². The predicted octanol–water partition coefficient (Wildman–Crippen LogP) is 2.55. The zero-order valence-electron chi connectivity index (χ0n) is 11.1. The van der Waals surface area contributed by atoms with Gasteiger partial charge in [0, 0.05) is 18.7 Å². The van der Waals surface area contributed by atoms with Crippen molar-refractivity contribution in [3.63, 3.8) is 0 Å². The van der Waals surface area contributed by atoms with Crippen LogP contribution in [-0.2, 0) is 13.1 Å². The van der Waals surface area contributed by atoms with E-state index >= 15 is 0 Å². The number of hydrogen-bond donors (Lipinski definition) is 2. The Bertz CT molecular complexity index is 765. The predicted molar refractivity (Wildman–Crippen MR) is 76.1 cm³/mol. The molecule has 21 heavy (non-hydrogen) atoms. The minimum absolute atomic E-state index is 0.0672. The molecule has 1 amide bonds. The summed E-state index contributed by atoms with van der Waals surface area (Å²) in [4.78, 5) is 12.2. The Balaban J connectivity index is 1.82. The number of fused-ring (bicyclic) bond motifs is 1. The molecule has 2 aromatic carbocycles. The standard InChI is InChI=1S/C16H12FN3O/c17-14-5-10(7-18)1-4-15(14)20-16(21)11-2-3-12-8-19-9-13(12)6-11/h1-6,19H,8-9H2,(H,20,21). The van der Waals surface area contributed by atoms with Crippen LogP contribution >= 0.6 is 0 Å². The van der Waals surface area contributed by atoms with Gasteiger partial charge in [0.05, 0.1) is 17.3 Å². The Morgan fingerprint density at radius 2 is 2.00 bits per heavy atom. The summed E-state index contributed by atoms with van der Waals surface area (Å²) in [7, 11) is 0. The number of benzene rings is 2. The molecule has 1 heterocycles. The second-order valence-electron chi connectivity index (χ2n) is 4.85. The van der Waals surface area contributed by atoms with Crippen LogP contribution in [0.2, 0.25) is 0 Å². The van der Waals surface area contributed by atoms with Crippen LogP contribution in [0, 0.1) is 17.1 Å². The normalized spacial score (nSPS) is 12.6. The Morgan fingerprint density at radius 1 is 1.19 bits per heavy atom. The van der Waals surface area contributed by atoms with Crippen molar-refractivity contribution in [2.75, 3.05) is 5.32 Å². The molecule has 104 valence electrons. The van der Waals surface area contributed by atoms with Crippen LogP contribution in [0.1, 0.15) is 27.0 Å². The number of nitrogens with zero attached hydrogens (tertiary/aromatic N) is 1. The lowest BCUT2D eigenvalue weighted by atomic mass is 10.1. The van der Waals surface area contributed by atoms with Crippen molar-refractivity contribution in [3.05, 3.63) is 64.5 Å². The Hall–Kier alpha value is -2.71. The first kappa shape index (κ1) is 13.3. The maximum absolute atomic E-state index is 13.8. The van der Waals surface area contributed by atoms with Crippen molar-refractivity contribution in [3.8, 4) is 6.07 Å². The lowest BCUT2D eigenvalue weighted by Crippen LogP contribution is -2.13. The van der Waals surface area contributed by atoms with Gasteiger partial charge in [-0.1, -0.05) is 6.07 Å². The van der Waals surface area contributed by atoms with E-state index in [0.29, 0.717) is 5.56 Å². The van der Waals surface area contributed by atoms with E-state index in [2.05, 4.69) is 10.6 Å². The molecule has 4 nitrogen and oxygen atoms in total. The maximum atomic E-state index is 13.8. The molecule has 0 radical (unpaired) electrons. The fourth-order valence-electron chi connectivity index (χ4n) is 2.32. The molecule has 0 saturated carbocycles. The molecule has 0 aliphatic carbocycles. The number of hydrogen-bond acceptors (Lipinski definition) is 3. The number of nitrogens with one attached hydrogen (secondary N) is 2. The second-order valence-corrected chi connectivity index (χ2v) is 4.85. The molecule has 1 aliphatic heterocycles. The molecule has 2 aromatic rings. The van der Waals surface area contributed by atoms with E-state index in [1.807, 2.05) is 18.2 Å².